The summed E-state index contributed by atoms with van der Waals surface area (Å²) in [6.45, 7) is 4.22. The number of carbonyl (C=O) groups excluding carboxylic acids is 1. The number of nitrogens with one attached hydrogen (secondary N) is 1. The average Bonchev–Trinajstić information content (AvgIpc) is 2.80. The van der Waals surface area contributed by atoms with Crippen molar-refractivity contribution in [2.75, 3.05) is 23.4 Å². The van der Waals surface area contributed by atoms with E-state index in [2.05, 4.69) is 10.3 Å². The quantitative estimate of drug-likeness (QED) is 0.486. The van der Waals surface area contributed by atoms with Crippen molar-refractivity contribution in [3.05, 3.63) is 82.3 Å². The Morgan fingerprint density at radius 1 is 1.24 bits per heavy atom. The summed E-state index contributed by atoms with van der Waals surface area (Å²) >= 11 is 5.87. The minimum Gasteiger partial charge on any atom is -0.476 e. The van der Waals surface area contributed by atoms with Crippen molar-refractivity contribution in [2.45, 2.75) is 32.4 Å². The number of morpholine rings is 1. The summed E-state index contributed by atoms with van der Waals surface area (Å²) in [6.07, 6.45) is 0.643. The molecule has 8 nitrogen and oxygen atoms in total. The Bertz CT molecular complexity index is 1200. The molecule has 4 rings (SSSR count). The van der Waals surface area contributed by atoms with E-state index in [4.69, 9.17) is 21.3 Å². The predicted octanol–water partition coefficient (Wildman–Crippen LogP) is 4.28. The van der Waals surface area contributed by atoms with Crippen LogP contribution in [0.1, 0.15) is 40.3 Å². The monoisotopic (exact) mass is 480 g/mol. The number of hydrogen-bond acceptors (Lipinski definition) is 6. The summed E-state index contributed by atoms with van der Waals surface area (Å²) < 4.78 is 5.55. The first kappa shape index (κ1) is 23.7. The molecule has 1 aliphatic rings. The van der Waals surface area contributed by atoms with Crippen molar-refractivity contribution in [3.8, 4) is 0 Å². The Morgan fingerprint density at radius 2 is 2.00 bits per heavy atom. The van der Waals surface area contributed by atoms with E-state index in [1.807, 2.05) is 56.3 Å². The number of hydrogen-bond donors (Lipinski definition) is 2. The van der Waals surface area contributed by atoms with Gasteiger partial charge in [0.05, 0.1) is 30.1 Å². The molecule has 0 spiro atoms. The fourth-order valence-electron chi connectivity index (χ4n) is 4.02. The zero-order valence-electron chi connectivity index (χ0n) is 18.9. The predicted molar refractivity (Wildman–Crippen MR) is 129 cm³/mol. The van der Waals surface area contributed by atoms with Crippen LogP contribution < -0.4 is 10.2 Å². The fourth-order valence-corrected chi connectivity index (χ4v) is 4.17. The molecular weight excluding hydrogens is 456 g/mol. The second-order valence-electron chi connectivity index (χ2n) is 8.25. The van der Waals surface area contributed by atoms with Crippen molar-refractivity contribution in [3.63, 3.8) is 0 Å². The first-order valence-corrected chi connectivity index (χ1v) is 11.3. The lowest BCUT2D eigenvalue weighted by molar-refractivity contribution is -0.127. The molecule has 34 heavy (non-hydrogen) atoms. The zero-order valence-corrected chi connectivity index (χ0v) is 19.6. The van der Waals surface area contributed by atoms with Gasteiger partial charge in [0.2, 0.25) is 0 Å². The normalized spacial score (nSPS) is 16.9. The van der Waals surface area contributed by atoms with E-state index in [0.29, 0.717) is 30.2 Å². The lowest BCUT2D eigenvalue weighted by Crippen LogP contribution is -2.51. The van der Waals surface area contributed by atoms with Gasteiger partial charge in [-0.2, -0.15) is 0 Å². The molecule has 1 saturated heterocycles. The van der Waals surface area contributed by atoms with Crippen molar-refractivity contribution in [1.82, 2.24) is 9.97 Å². The van der Waals surface area contributed by atoms with Crippen molar-refractivity contribution >= 4 is 35.0 Å². The van der Waals surface area contributed by atoms with Gasteiger partial charge in [-0.15, -0.1) is 0 Å². The third-order valence-electron chi connectivity index (χ3n) is 5.59. The summed E-state index contributed by atoms with van der Waals surface area (Å²) in [7, 11) is 0. The molecule has 1 fully saturated rings. The van der Waals surface area contributed by atoms with Crippen molar-refractivity contribution < 1.29 is 19.4 Å². The number of pyridine rings is 2. The molecule has 0 saturated carbocycles. The summed E-state index contributed by atoms with van der Waals surface area (Å²) in [6, 6.07) is 16.3. The third-order valence-corrected chi connectivity index (χ3v) is 5.80. The van der Waals surface area contributed by atoms with E-state index in [1.54, 1.807) is 11.0 Å². The number of anilines is 2. The zero-order chi connectivity index (χ0) is 24.2. The Hall–Kier alpha value is -3.49. The number of carbonyl (C=O) groups is 2. The van der Waals surface area contributed by atoms with E-state index < -0.39 is 5.97 Å². The standard InChI is InChI=1S/C25H25ClN4O4/c1-15-10-20(16(2)27-19-8-9-21(26)29-24(19)25(32)33)28-22(11-15)30-18(13-34-14-23(30)31)12-17-6-4-3-5-7-17/h3-11,16,18,27H,12-14H2,1-2H3,(H,32,33)/t16-,18+/m1/s1. The Morgan fingerprint density at radius 3 is 2.74 bits per heavy atom. The van der Waals surface area contributed by atoms with Crippen LogP contribution in [0.25, 0.3) is 0 Å². The first-order chi connectivity index (χ1) is 16.3. The number of carboxylic acids is 1. The summed E-state index contributed by atoms with van der Waals surface area (Å²) in [5.74, 6) is -0.782. The highest BCUT2D eigenvalue weighted by molar-refractivity contribution is 6.29. The molecule has 0 aliphatic carbocycles. The molecule has 0 bridgehead atoms. The van der Waals surface area contributed by atoms with Gasteiger partial charge in [-0.25, -0.2) is 14.8 Å². The minimum absolute atomic E-state index is 0.00244. The summed E-state index contributed by atoms with van der Waals surface area (Å²) in [5, 5.41) is 12.7. The van der Waals surface area contributed by atoms with Crippen LogP contribution in [0.2, 0.25) is 5.15 Å². The van der Waals surface area contributed by atoms with Gasteiger partial charge in [0.15, 0.2) is 5.69 Å². The number of aromatic carboxylic acids is 1. The van der Waals surface area contributed by atoms with Crippen molar-refractivity contribution in [1.29, 1.82) is 0 Å². The maximum Gasteiger partial charge on any atom is 0.356 e. The smallest absolute Gasteiger partial charge is 0.356 e. The Labute approximate surface area is 202 Å². The van der Waals surface area contributed by atoms with E-state index in [-0.39, 0.29) is 35.4 Å². The van der Waals surface area contributed by atoms with Crippen LogP contribution in [0, 0.1) is 6.92 Å². The lowest BCUT2D eigenvalue weighted by atomic mass is 10.0. The molecule has 1 amide bonds. The molecule has 1 aliphatic heterocycles. The van der Waals surface area contributed by atoms with Gasteiger partial charge >= 0.3 is 5.97 Å². The second-order valence-corrected chi connectivity index (χ2v) is 8.64. The van der Waals surface area contributed by atoms with Gasteiger partial charge in [0.1, 0.15) is 17.6 Å². The molecule has 176 valence electrons. The molecule has 2 aromatic heterocycles. The van der Waals surface area contributed by atoms with Crippen LogP contribution in [0.3, 0.4) is 0 Å². The molecule has 0 radical (unpaired) electrons. The van der Waals surface area contributed by atoms with Gasteiger partial charge in [-0.3, -0.25) is 9.69 Å². The molecule has 1 aromatic carbocycles. The van der Waals surface area contributed by atoms with E-state index in [9.17, 15) is 14.7 Å². The number of aromatic nitrogens is 2. The molecule has 2 atom stereocenters. The molecule has 0 unspecified atom stereocenters. The molecular formula is C25H25ClN4O4. The van der Waals surface area contributed by atoms with E-state index in [0.717, 1.165) is 11.1 Å². The van der Waals surface area contributed by atoms with E-state index >= 15 is 0 Å². The maximum atomic E-state index is 12.9. The van der Waals surface area contributed by atoms with Crippen molar-refractivity contribution in [2.24, 2.45) is 0 Å². The van der Waals surface area contributed by atoms with Gasteiger partial charge < -0.3 is 15.2 Å². The van der Waals surface area contributed by atoms with Crippen LogP contribution in [0.5, 0.6) is 0 Å². The third kappa shape index (κ3) is 5.35. The number of rotatable bonds is 7. The number of ether oxygens (including phenoxy) is 1. The van der Waals surface area contributed by atoms with Gasteiger partial charge in [0, 0.05) is 0 Å². The number of nitrogens with zero attached hydrogens (tertiary/aromatic N) is 3. The average molecular weight is 481 g/mol. The SMILES string of the molecule is Cc1cc([C@@H](C)Nc2ccc(Cl)nc2C(=O)O)nc(N2C(=O)COC[C@@H]2Cc2ccccc2)c1. The van der Waals surface area contributed by atoms with E-state index in [1.165, 1.54) is 6.07 Å². The fraction of sp³-hybridized carbons (Fsp3) is 0.280. The van der Waals surface area contributed by atoms with Crippen LogP contribution in [0.4, 0.5) is 11.5 Å². The van der Waals surface area contributed by atoms with Gasteiger partial charge in [-0.1, -0.05) is 41.9 Å². The maximum absolute atomic E-state index is 12.9. The summed E-state index contributed by atoms with van der Waals surface area (Å²) in [4.78, 5) is 34.9. The highest BCUT2D eigenvalue weighted by Gasteiger charge is 2.31. The highest BCUT2D eigenvalue weighted by atomic mass is 35.5. The largest absolute Gasteiger partial charge is 0.476 e. The van der Waals surface area contributed by atoms with Crippen LogP contribution in [-0.2, 0) is 16.0 Å². The molecule has 9 heteroatoms. The number of halogens is 1. The number of amides is 1. The van der Waals surface area contributed by atoms with Crippen LogP contribution in [-0.4, -0.2) is 46.2 Å². The van der Waals surface area contributed by atoms with Crippen LogP contribution >= 0.6 is 11.6 Å². The topological polar surface area (TPSA) is 105 Å². The Balaban J connectivity index is 1.63. The second kappa shape index (κ2) is 10.2. The van der Waals surface area contributed by atoms with Gasteiger partial charge in [0.25, 0.3) is 5.91 Å². The minimum atomic E-state index is -1.18. The van der Waals surface area contributed by atoms with Crippen LogP contribution in [0.15, 0.2) is 54.6 Å². The lowest BCUT2D eigenvalue weighted by Gasteiger charge is -2.35. The summed E-state index contributed by atoms with van der Waals surface area (Å²) in [5.41, 5.74) is 2.87. The molecule has 3 aromatic rings. The molecule has 2 N–H and O–H groups in total. The first-order valence-electron chi connectivity index (χ1n) is 10.9. The van der Waals surface area contributed by atoms with Gasteiger partial charge in [-0.05, 0) is 55.7 Å². The number of carboxylic acid groups (broad SMARTS) is 1. The molecule has 3 heterocycles. The number of benzene rings is 1. The Kier molecular flexibility index (Phi) is 7.09. The highest BCUT2D eigenvalue weighted by Crippen LogP contribution is 2.27. The number of aryl methyl sites for hydroxylation is 1.